The van der Waals surface area contributed by atoms with Crippen LogP contribution in [0.1, 0.15) is 101 Å². The van der Waals surface area contributed by atoms with Gasteiger partial charge in [0, 0.05) is 43.8 Å². The van der Waals surface area contributed by atoms with Crippen LogP contribution in [0.25, 0.3) is 0 Å². The summed E-state index contributed by atoms with van der Waals surface area (Å²) in [5, 5.41) is 1.54. The summed E-state index contributed by atoms with van der Waals surface area (Å²) in [5.74, 6) is 0. The minimum absolute atomic E-state index is 0.292. The van der Waals surface area contributed by atoms with Crippen LogP contribution in [0.2, 0.25) is 0 Å². The van der Waals surface area contributed by atoms with Gasteiger partial charge in [-0.3, -0.25) is 9.98 Å². The normalized spacial score (nSPS) is 24.6. The minimum Gasteiger partial charge on any atom is -0.287 e. The van der Waals surface area contributed by atoms with Crippen molar-refractivity contribution in [2.45, 2.75) is 122 Å². The third kappa shape index (κ3) is 7.51. The van der Waals surface area contributed by atoms with E-state index in [0.717, 1.165) is 23.3 Å². The molecule has 2 aromatic carbocycles. The number of aliphatic imine (C=N–C) groups is 2. The van der Waals surface area contributed by atoms with Gasteiger partial charge in [0.05, 0.1) is 12.1 Å². The fourth-order valence-corrected chi connectivity index (χ4v) is 8.59. The van der Waals surface area contributed by atoms with Gasteiger partial charge in [0.2, 0.25) is 0 Å². The molecule has 5 rings (SSSR count). The fourth-order valence-electron chi connectivity index (χ4n) is 5.91. The van der Waals surface area contributed by atoms with Gasteiger partial charge in [-0.15, -0.1) is 23.5 Å². The van der Waals surface area contributed by atoms with Gasteiger partial charge in [-0.25, -0.2) is 0 Å². The molecule has 0 spiro atoms. The van der Waals surface area contributed by atoms with E-state index in [1.165, 1.54) is 98.0 Å². The molecule has 0 saturated heterocycles. The van der Waals surface area contributed by atoms with Crippen LogP contribution in [0.5, 0.6) is 0 Å². The lowest BCUT2D eigenvalue weighted by molar-refractivity contribution is 0.390. The number of hydrogen-bond donors (Lipinski definition) is 0. The Balaban J connectivity index is 1.26. The first-order chi connectivity index (χ1) is 17.8. The summed E-state index contributed by atoms with van der Waals surface area (Å²) in [6.45, 7) is 0. The molecule has 0 aromatic heterocycles. The molecule has 0 bridgehead atoms. The van der Waals surface area contributed by atoms with Crippen LogP contribution in [0.15, 0.2) is 68.3 Å². The number of thioether (sulfide) groups is 2. The standard InChI is InChI=1S/C32H42N2S2/c1-3-15-27(16-4-1)35-31-21-11-7-13-25(31)23-33-29-19-9-10-20-30(29)34-24-26-14-8-12-22-32(26)36-28-17-5-2-6-18-28/h7-8,11-14,21-24,27-30H,1-6,9-10,15-20H2. The zero-order valence-electron chi connectivity index (χ0n) is 21.7. The molecule has 192 valence electrons. The average molecular weight is 519 g/mol. The van der Waals surface area contributed by atoms with Crippen molar-refractivity contribution < 1.29 is 0 Å². The van der Waals surface area contributed by atoms with Crippen molar-refractivity contribution in [3.63, 3.8) is 0 Å². The van der Waals surface area contributed by atoms with Gasteiger partial charge in [0.15, 0.2) is 0 Å². The van der Waals surface area contributed by atoms with Crippen molar-refractivity contribution in [1.29, 1.82) is 0 Å². The van der Waals surface area contributed by atoms with E-state index < -0.39 is 0 Å². The Morgan fingerprint density at radius 1 is 0.500 bits per heavy atom. The second kappa shape index (κ2) is 13.9. The van der Waals surface area contributed by atoms with E-state index in [9.17, 15) is 0 Å². The molecular weight excluding hydrogens is 477 g/mol. The first-order valence-corrected chi connectivity index (χ1v) is 16.2. The Hall–Kier alpha value is -1.52. The zero-order chi connectivity index (χ0) is 24.4. The smallest absolute Gasteiger partial charge is 0.0723 e. The molecule has 0 radical (unpaired) electrons. The number of nitrogens with zero attached hydrogens (tertiary/aromatic N) is 2. The monoisotopic (exact) mass is 518 g/mol. The molecule has 0 N–H and O–H groups in total. The molecule has 2 nitrogen and oxygen atoms in total. The highest BCUT2D eigenvalue weighted by molar-refractivity contribution is 8.00. The lowest BCUT2D eigenvalue weighted by Gasteiger charge is -2.26. The summed E-state index contributed by atoms with van der Waals surface area (Å²) >= 11 is 4.16. The van der Waals surface area contributed by atoms with E-state index in [1.54, 1.807) is 0 Å². The summed E-state index contributed by atoms with van der Waals surface area (Å²) in [6, 6.07) is 18.3. The van der Waals surface area contributed by atoms with Gasteiger partial charge in [0.25, 0.3) is 0 Å². The molecule has 3 aliphatic carbocycles. The Kier molecular flexibility index (Phi) is 10.0. The quantitative estimate of drug-likeness (QED) is 0.325. The maximum atomic E-state index is 5.16. The van der Waals surface area contributed by atoms with Gasteiger partial charge < -0.3 is 0 Å². The number of hydrogen-bond acceptors (Lipinski definition) is 4. The van der Waals surface area contributed by atoms with Crippen molar-refractivity contribution in [2.24, 2.45) is 9.98 Å². The summed E-state index contributed by atoms with van der Waals surface area (Å²) in [7, 11) is 0. The Labute approximate surface area is 227 Å². The Bertz CT molecular complexity index is 923. The van der Waals surface area contributed by atoms with Crippen molar-refractivity contribution in [3.05, 3.63) is 59.7 Å². The van der Waals surface area contributed by atoms with E-state index in [0.29, 0.717) is 12.1 Å². The van der Waals surface area contributed by atoms with Crippen molar-refractivity contribution in [2.75, 3.05) is 0 Å². The molecular formula is C32H42N2S2. The summed E-state index contributed by atoms with van der Waals surface area (Å²) in [4.78, 5) is 13.1. The van der Waals surface area contributed by atoms with Crippen molar-refractivity contribution in [3.8, 4) is 0 Å². The maximum absolute atomic E-state index is 5.16. The third-order valence-corrected chi connectivity index (χ3v) is 10.9. The molecule has 0 heterocycles. The highest BCUT2D eigenvalue weighted by atomic mass is 32.2. The Morgan fingerprint density at radius 2 is 0.889 bits per heavy atom. The van der Waals surface area contributed by atoms with Crippen LogP contribution in [-0.2, 0) is 0 Å². The first kappa shape index (κ1) is 26.1. The summed E-state index contributed by atoms with van der Waals surface area (Å²) in [6.07, 6.45) is 22.9. The fraction of sp³-hybridized carbons (Fsp3) is 0.562. The Morgan fingerprint density at radius 3 is 1.33 bits per heavy atom. The van der Waals surface area contributed by atoms with Crippen molar-refractivity contribution >= 4 is 36.0 Å². The van der Waals surface area contributed by atoms with E-state index in [4.69, 9.17) is 9.98 Å². The molecule has 3 fully saturated rings. The first-order valence-electron chi connectivity index (χ1n) is 14.4. The molecule has 3 aliphatic rings. The number of benzene rings is 2. The van der Waals surface area contributed by atoms with E-state index >= 15 is 0 Å². The van der Waals surface area contributed by atoms with Gasteiger partial charge >= 0.3 is 0 Å². The number of rotatable bonds is 8. The highest BCUT2D eigenvalue weighted by Gasteiger charge is 2.24. The van der Waals surface area contributed by atoms with Crippen LogP contribution >= 0.6 is 23.5 Å². The van der Waals surface area contributed by atoms with Gasteiger partial charge in [-0.05, 0) is 50.7 Å². The largest absolute Gasteiger partial charge is 0.287 e. The van der Waals surface area contributed by atoms with Gasteiger partial charge in [-0.1, -0.05) is 87.8 Å². The lowest BCUT2D eigenvalue weighted by Crippen LogP contribution is -2.27. The van der Waals surface area contributed by atoms with E-state index in [-0.39, 0.29) is 0 Å². The average Bonchev–Trinajstić information content (AvgIpc) is 2.94. The van der Waals surface area contributed by atoms with Crippen LogP contribution < -0.4 is 0 Å². The molecule has 0 aliphatic heterocycles. The van der Waals surface area contributed by atoms with Crippen LogP contribution in [0.3, 0.4) is 0 Å². The molecule has 2 unspecified atom stereocenters. The van der Waals surface area contributed by atoms with Gasteiger partial charge in [-0.2, -0.15) is 0 Å². The second-order valence-corrected chi connectivity index (χ2v) is 13.5. The van der Waals surface area contributed by atoms with Crippen LogP contribution in [0.4, 0.5) is 0 Å². The van der Waals surface area contributed by atoms with Crippen LogP contribution in [0, 0.1) is 0 Å². The third-order valence-electron chi connectivity index (χ3n) is 8.03. The van der Waals surface area contributed by atoms with Crippen molar-refractivity contribution in [1.82, 2.24) is 0 Å². The van der Waals surface area contributed by atoms with E-state index in [2.05, 4.69) is 84.5 Å². The predicted octanol–water partition coefficient (Wildman–Crippen LogP) is 9.39. The maximum Gasteiger partial charge on any atom is 0.0723 e. The molecule has 4 heteroatoms. The minimum atomic E-state index is 0.292. The van der Waals surface area contributed by atoms with E-state index in [1.807, 2.05) is 0 Å². The topological polar surface area (TPSA) is 24.7 Å². The molecule has 3 saturated carbocycles. The second-order valence-electron chi connectivity index (χ2n) is 10.8. The van der Waals surface area contributed by atoms with Gasteiger partial charge in [0.1, 0.15) is 0 Å². The predicted molar refractivity (Wildman–Crippen MR) is 160 cm³/mol. The summed E-state index contributed by atoms with van der Waals surface area (Å²) < 4.78 is 0. The van der Waals surface area contributed by atoms with Crippen LogP contribution in [-0.4, -0.2) is 35.0 Å². The zero-order valence-corrected chi connectivity index (χ0v) is 23.3. The molecule has 2 atom stereocenters. The molecule has 2 aromatic rings. The summed E-state index contributed by atoms with van der Waals surface area (Å²) in [5.41, 5.74) is 2.58. The SMILES string of the molecule is C(=NC1CCCCC1N=Cc1ccccc1SC1CCCCC1)c1ccccc1SC1CCCCC1. The molecule has 0 amide bonds. The highest BCUT2D eigenvalue weighted by Crippen LogP contribution is 2.36. The molecule has 36 heavy (non-hydrogen) atoms. The lowest BCUT2D eigenvalue weighted by atomic mass is 9.91.